The minimum Gasteiger partial charge on any atom is -0.493 e. The van der Waals surface area contributed by atoms with Crippen LogP contribution in [0.3, 0.4) is 0 Å². The first-order chi connectivity index (χ1) is 12.5. The zero-order valence-electron chi connectivity index (χ0n) is 14.3. The number of ether oxygens (including phenoxy) is 2. The van der Waals surface area contributed by atoms with Crippen molar-refractivity contribution in [3.8, 4) is 11.5 Å². The van der Waals surface area contributed by atoms with Gasteiger partial charge in [-0.15, -0.1) is 19.2 Å². The van der Waals surface area contributed by atoms with E-state index >= 15 is 0 Å². The molecule has 136 valence electrons. The van der Waals surface area contributed by atoms with Gasteiger partial charge < -0.3 is 9.47 Å². The van der Waals surface area contributed by atoms with Crippen molar-refractivity contribution in [1.29, 1.82) is 0 Å². The van der Waals surface area contributed by atoms with Crippen molar-refractivity contribution in [3.05, 3.63) is 66.2 Å². The molecule has 2 N–H and O–H groups in total. The molecule has 0 saturated carbocycles. The first-order valence-electron chi connectivity index (χ1n) is 7.83. The van der Waals surface area contributed by atoms with E-state index in [-0.39, 0.29) is 6.61 Å². The first kappa shape index (κ1) is 19.4. The normalized spacial score (nSPS) is 9.92. The molecule has 0 aliphatic heterocycles. The van der Waals surface area contributed by atoms with Crippen LogP contribution >= 0.6 is 12.6 Å². The maximum atomic E-state index is 12.0. The molecule has 0 fully saturated rings. The Labute approximate surface area is 157 Å². The molecule has 0 aliphatic rings. The molecule has 2 aromatic carbocycles. The summed E-state index contributed by atoms with van der Waals surface area (Å²) < 4.78 is 10.7. The summed E-state index contributed by atoms with van der Waals surface area (Å²) >= 11 is 4.20. The molecule has 0 saturated heterocycles. The fourth-order valence-electron chi connectivity index (χ4n) is 2.16. The van der Waals surface area contributed by atoms with Crippen LogP contribution in [-0.4, -0.2) is 25.5 Å². The number of hydrogen-bond donors (Lipinski definition) is 3. The van der Waals surface area contributed by atoms with Gasteiger partial charge in [-0.1, -0.05) is 24.3 Å². The Kier molecular flexibility index (Phi) is 7.11. The molecule has 0 aliphatic carbocycles. The summed E-state index contributed by atoms with van der Waals surface area (Å²) in [6.07, 6.45) is 2.49. The Morgan fingerprint density at radius 3 is 2.62 bits per heavy atom. The lowest BCUT2D eigenvalue weighted by Crippen LogP contribution is -2.43. The molecule has 2 rings (SSSR count). The second-order valence-corrected chi connectivity index (χ2v) is 5.77. The summed E-state index contributed by atoms with van der Waals surface area (Å²) in [4.78, 5) is 24.4. The van der Waals surface area contributed by atoms with Crippen LogP contribution in [0.15, 0.2) is 60.0 Å². The Hall–Kier alpha value is -2.93. The van der Waals surface area contributed by atoms with E-state index in [1.54, 1.807) is 36.4 Å². The minimum absolute atomic E-state index is 0.278. The fraction of sp³-hybridized carbons (Fsp3) is 0.158. The minimum atomic E-state index is -0.507. The van der Waals surface area contributed by atoms with E-state index in [1.165, 1.54) is 7.11 Å². The van der Waals surface area contributed by atoms with Crippen LogP contribution in [-0.2, 0) is 11.2 Å². The van der Waals surface area contributed by atoms with Gasteiger partial charge in [-0.3, -0.25) is 20.4 Å². The van der Waals surface area contributed by atoms with Crippen LogP contribution in [0.5, 0.6) is 11.5 Å². The Balaban J connectivity index is 1.88. The molecule has 26 heavy (non-hydrogen) atoms. The number of methoxy groups -OCH3 is 1. The van der Waals surface area contributed by atoms with E-state index in [1.807, 2.05) is 12.1 Å². The summed E-state index contributed by atoms with van der Waals surface area (Å²) in [6.45, 7) is 3.41. The van der Waals surface area contributed by atoms with Crippen LogP contribution in [0.4, 0.5) is 0 Å². The average Bonchev–Trinajstić information content (AvgIpc) is 2.65. The second kappa shape index (κ2) is 9.53. The molecule has 6 nitrogen and oxygen atoms in total. The number of carbonyl (C=O) groups excluding carboxylic acids is 2. The van der Waals surface area contributed by atoms with Gasteiger partial charge in [0.15, 0.2) is 18.1 Å². The largest absolute Gasteiger partial charge is 0.493 e. The molecule has 2 amide bonds. The molecule has 0 unspecified atom stereocenters. The topological polar surface area (TPSA) is 76.7 Å². The maximum Gasteiger partial charge on any atom is 0.276 e. The lowest BCUT2D eigenvalue weighted by atomic mass is 10.1. The number of benzene rings is 2. The predicted octanol–water partition coefficient (Wildman–Crippen LogP) is 2.55. The molecule has 0 aromatic heterocycles. The Morgan fingerprint density at radius 2 is 1.92 bits per heavy atom. The highest BCUT2D eigenvalue weighted by atomic mass is 32.1. The SMILES string of the molecule is C=CCc1ccc(OCC(=O)NNC(=O)c2ccccc2S)c(OC)c1. The predicted molar refractivity (Wildman–Crippen MR) is 102 cm³/mol. The monoisotopic (exact) mass is 372 g/mol. The Bertz CT molecular complexity index is 808. The number of carbonyl (C=O) groups is 2. The average molecular weight is 372 g/mol. The molecule has 7 heteroatoms. The summed E-state index contributed by atoms with van der Waals surface area (Å²) in [5.74, 6) is -0.0183. The highest BCUT2D eigenvalue weighted by molar-refractivity contribution is 7.80. The van der Waals surface area contributed by atoms with E-state index in [2.05, 4.69) is 30.1 Å². The number of rotatable bonds is 7. The first-order valence-corrected chi connectivity index (χ1v) is 8.27. The number of nitrogens with one attached hydrogen (secondary N) is 2. The van der Waals surface area contributed by atoms with Crippen LogP contribution in [0, 0.1) is 0 Å². The van der Waals surface area contributed by atoms with Crippen molar-refractivity contribution in [2.24, 2.45) is 0 Å². The van der Waals surface area contributed by atoms with Crippen molar-refractivity contribution in [2.75, 3.05) is 13.7 Å². The highest BCUT2D eigenvalue weighted by Crippen LogP contribution is 2.28. The van der Waals surface area contributed by atoms with Crippen molar-refractivity contribution < 1.29 is 19.1 Å². The zero-order valence-corrected chi connectivity index (χ0v) is 15.2. The standard InChI is InChI=1S/C19H20N2O4S/c1-3-6-13-9-10-15(16(11-13)24-2)25-12-18(22)20-21-19(23)14-7-4-5-8-17(14)26/h3-5,7-11,26H,1,6,12H2,2H3,(H,20,22)(H,21,23). The Morgan fingerprint density at radius 1 is 1.15 bits per heavy atom. The lowest BCUT2D eigenvalue weighted by molar-refractivity contribution is -0.123. The molecule has 0 heterocycles. The van der Waals surface area contributed by atoms with Gasteiger partial charge in [0.2, 0.25) is 0 Å². The van der Waals surface area contributed by atoms with Gasteiger partial charge in [-0.05, 0) is 36.2 Å². The molecular formula is C19H20N2O4S. The van der Waals surface area contributed by atoms with Gasteiger partial charge in [-0.2, -0.15) is 0 Å². The van der Waals surface area contributed by atoms with E-state index in [9.17, 15) is 9.59 Å². The summed E-state index contributed by atoms with van der Waals surface area (Å²) in [5.41, 5.74) is 5.99. The van der Waals surface area contributed by atoms with E-state index in [0.29, 0.717) is 28.4 Å². The van der Waals surface area contributed by atoms with Crippen molar-refractivity contribution in [3.63, 3.8) is 0 Å². The summed E-state index contributed by atoms with van der Waals surface area (Å²) in [6, 6.07) is 12.2. The van der Waals surface area contributed by atoms with Crippen molar-refractivity contribution >= 4 is 24.4 Å². The van der Waals surface area contributed by atoms with E-state index in [0.717, 1.165) is 5.56 Å². The third kappa shape index (κ3) is 5.29. The summed E-state index contributed by atoms with van der Waals surface area (Å²) in [7, 11) is 1.52. The third-order valence-electron chi connectivity index (χ3n) is 3.43. The summed E-state index contributed by atoms with van der Waals surface area (Å²) in [5, 5.41) is 0. The fourth-order valence-corrected chi connectivity index (χ4v) is 2.43. The molecule has 0 atom stereocenters. The number of hydrogen-bond acceptors (Lipinski definition) is 5. The number of thiol groups is 1. The van der Waals surface area contributed by atoms with Gasteiger partial charge in [0.1, 0.15) is 0 Å². The third-order valence-corrected chi connectivity index (χ3v) is 3.82. The van der Waals surface area contributed by atoms with Crippen LogP contribution in [0.1, 0.15) is 15.9 Å². The van der Waals surface area contributed by atoms with Gasteiger partial charge >= 0.3 is 0 Å². The lowest BCUT2D eigenvalue weighted by Gasteiger charge is -2.12. The van der Waals surface area contributed by atoms with Gasteiger partial charge in [0.05, 0.1) is 12.7 Å². The highest BCUT2D eigenvalue weighted by Gasteiger charge is 2.11. The van der Waals surface area contributed by atoms with Crippen LogP contribution < -0.4 is 20.3 Å². The van der Waals surface area contributed by atoms with Gasteiger partial charge in [0, 0.05) is 4.90 Å². The number of amides is 2. The zero-order chi connectivity index (χ0) is 18.9. The molecular weight excluding hydrogens is 352 g/mol. The van der Waals surface area contributed by atoms with Crippen molar-refractivity contribution in [2.45, 2.75) is 11.3 Å². The van der Waals surface area contributed by atoms with Crippen LogP contribution in [0.25, 0.3) is 0 Å². The van der Waals surface area contributed by atoms with E-state index in [4.69, 9.17) is 9.47 Å². The number of allylic oxidation sites excluding steroid dienone is 1. The molecule has 0 bridgehead atoms. The quantitative estimate of drug-likeness (QED) is 0.397. The van der Waals surface area contributed by atoms with Crippen molar-refractivity contribution in [1.82, 2.24) is 10.9 Å². The molecule has 0 spiro atoms. The maximum absolute atomic E-state index is 12.0. The second-order valence-electron chi connectivity index (χ2n) is 5.29. The van der Waals surface area contributed by atoms with Gasteiger partial charge in [0.25, 0.3) is 11.8 Å². The smallest absolute Gasteiger partial charge is 0.276 e. The van der Waals surface area contributed by atoms with Gasteiger partial charge in [-0.25, -0.2) is 0 Å². The molecule has 2 aromatic rings. The number of hydrazine groups is 1. The van der Waals surface area contributed by atoms with E-state index < -0.39 is 11.8 Å². The molecule has 0 radical (unpaired) electrons. The van der Waals surface area contributed by atoms with Crippen LogP contribution in [0.2, 0.25) is 0 Å².